The number of aryl methyl sites for hydroxylation is 1. The Balaban J connectivity index is 2.60. The predicted octanol–water partition coefficient (Wildman–Crippen LogP) is 2.89. The number of pyridine rings is 1. The summed E-state index contributed by atoms with van der Waals surface area (Å²) in [7, 11) is 0. The third kappa shape index (κ3) is 2.30. The van der Waals surface area contributed by atoms with Gasteiger partial charge in [-0.3, -0.25) is 4.98 Å². The summed E-state index contributed by atoms with van der Waals surface area (Å²) in [4.78, 5) is 14.8. The van der Waals surface area contributed by atoms with Crippen LogP contribution in [0.5, 0.6) is 0 Å². The van der Waals surface area contributed by atoms with Gasteiger partial charge in [0.25, 0.3) is 0 Å². The molecule has 1 N–H and O–H groups in total. The molecule has 0 fully saturated rings. The molecule has 0 atom stereocenters. The van der Waals surface area contributed by atoms with Crippen LogP contribution in [-0.4, -0.2) is 16.1 Å². The number of rotatable bonds is 2. The molecule has 0 spiro atoms. The molecule has 0 saturated heterocycles. The summed E-state index contributed by atoms with van der Waals surface area (Å²) < 4.78 is 13.3. The number of carboxylic acid groups (broad SMARTS) is 1. The number of benzene rings is 1. The van der Waals surface area contributed by atoms with Crippen molar-refractivity contribution in [1.82, 2.24) is 4.98 Å². The van der Waals surface area contributed by atoms with Crippen LogP contribution < -0.4 is 0 Å². The number of hydrogen-bond acceptors (Lipinski definition) is 2. The van der Waals surface area contributed by atoms with Crippen molar-refractivity contribution in [2.75, 3.05) is 0 Å². The van der Waals surface area contributed by atoms with Crippen LogP contribution >= 0.6 is 0 Å². The second-order valence-electron chi connectivity index (χ2n) is 3.72. The Bertz CT molecular complexity index is 581. The molecule has 0 radical (unpaired) electrons. The largest absolute Gasteiger partial charge is 0.478 e. The first kappa shape index (κ1) is 11.3. The van der Waals surface area contributed by atoms with Crippen LogP contribution in [0.3, 0.4) is 0 Å². The first-order chi connectivity index (χ1) is 8.08. The lowest BCUT2D eigenvalue weighted by Crippen LogP contribution is -1.98. The Kier molecular flexibility index (Phi) is 2.87. The van der Waals surface area contributed by atoms with E-state index in [0.717, 1.165) is 17.2 Å². The summed E-state index contributed by atoms with van der Waals surface area (Å²) in [6.07, 6.45) is 3.23. The second-order valence-corrected chi connectivity index (χ2v) is 3.72. The Morgan fingerprint density at radius 1 is 1.35 bits per heavy atom. The molecule has 1 aromatic heterocycles. The quantitative estimate of drug-likeness (QED) is 0.864. The molecule has 3 nitrogen and oxygen atoms in total. The van der Waals surface area contributed by atoms with Crippen molar-refractivity contribution in [2.24, 2.45) is 0 Å². The number of halogens is 1. The summed E-state index contributed by atoms with van der Waals surface area (Å²) >= 11 is 0. The van der Waals surface area contributed by atoms with E-state index in [2.05, 4.69) is 4.98 Å². The Morgan fingerprint density at radius 2 is 2.12 bits per heavy atom. The molecule has 0 aliphatic heterocycles. The van der Waals surface area contributed by atoms with Crippen LogP contribution in [0, 0.1) is 12.7 Å². The van der Waals surface area contributed by atoms with Gasteiger partial charge in [-0.2, -0.15) is 0 Å². The lowest BCUT2D eigenvalue weighted by atomic mass is 10.0. The molecule has 0 aliphatic carbocycles. The lowest BCUT2D eigenvalue weighted by Gasteiger charge is -2.06. The average Bonchev–Trinajstić information content (AvgIpc) is 2.28. The van der Waals surface area contributed by atoms with Gasteiger partial charge in [0.1, 0.15) is 5.82 Å². The van der Waals surface area contributed by atoms with Gasteiger partial charge in [0.15, 0.2) is 0 Å². The maximum Gasteiger partial charge on any atom is 0.335 e. The molecule has 0 amide bonds. The zero-order chi connectivity index (χ0) is 12.4. The van der Waals surface area contributed by atoms with Crippen LogP contribution in [0.2, 0.25) is 0 Å². The van der Waals surface area contributed by atoms with Crippen LogP contribution in [0.25, 0.3) is 11.1 Å². The van der Waals surface area contributed by atoms with Crippen molar-refractivity contribution in [3.05, 3.63) is 53.6 Å². The molecule has 0 unspecified atom stereocenters. The fraction of sp³-hybridized carbons (Fsp3) is 0.0769. The van der Waals surface area contributed by atoms with E-state index >= 15 is 0 Å². The topological polar surface area (TPSA) is 50.2 Å². The summed E-state index contributed by atoms with van der Waals surface area (Å²) in [6, 6.07) is 5.53. The van der Waals surface area contributed by atoms with E-state index in [1.807, 2.05) is 6.92 Å². The standard InChI is InChI=1S/C13H10FNO2/c1-8-2-3-15-7-12(8)9-4-10(13(16)17)6-11(14)5-9/h2-7H,1H3,(H,16,17). The molecule has 2 rings (SSSR count). The number of carboxylic acids is 1. The predicted molar refractivity (Wildman–Crippen MR) is 61.3 cm³/mol. The monoisotopic (exact) mass is 231 g/mol. The van der Waals surface area contributed by atoms with Crippen LogP contribution in [0.15, 0.2) is 36.7 Å². The van der Waals surface area contributed by atoms with E-state index in [9.17, 15) is 9.18 Å². The highest BCUT2D eigenvalue weighted by Gasteiger charge is 2.09. The lowest BCUT2D eigenvalue weighted by molar-refractivity contribution is 0.0696. The fourth-order valence-electron chi connectivity index (χ4n) is 1.63. The smallest absolute Gasteiger partial charge is 0.335 e. The number of aromatic nitrogens is 1. The summed E-state index contributed by atoms with van der Waals surface area (Å²) in [5.41, 5.74) is 2.10. The van der Waals surface area contributed by atoms with Crippen molar-refractivity contribution in [3.8, 4) is 11.1 Å². The molecular formula is C13H10FNO2. The van der Waals surface area contributed by atoms with Crippen LogP contribution in [-0.2, 0) is 0 Å². The van der Waals surface area contributed by atoms with Gasteiger partial charge in [-0.15, -0.1) is 0 Å². The van der Waals surface area contributed by atoms with Gasteiger partial charge in [-0.1, -0.05) is 0 Å². The first-order valence-electron chi connectivity index (χ1n) is 5.03. The van der Waals surface area contributed by atoms with Gasteiger partial charge in [-0.05, 0) is 42.3 Å². The summed E-state index contributed by atoms with van der Waals surface area (Å²) in [5, 5.41) is 8.87. The number of nitrogens with zero attached hydrogens (tertiary/aromatic N) is 1. The molecule has 0 aliphatic rings. The van der Waals surface area contributed by atoms with Gasteiger partial charge in [0, 0.05) is 18.0 Å². The molecule has 4 heteroatoms. The summed E-state index contributed by atoms with van der Waals surface area (Å²) in [5.74, 6) is -1.71. The minimum atomic E-state index is -1.15. The van der Waals surface area contributed by atoms with Crippen molar-refractivity contribution < 1.29 is 14.3 Å². The highest BCUT2D eigenvalue weighted by Crippen LogP contribution is 2.24. The molecule has 86 valence electrons. The highest BCUT2D eigenvalue weighted by molar-refractivity contribution is 5.89. The maximum atomic E-state index is 13.3. The zero-order valence-electron chi connectivity index (χ0n) is 9.14. The molecule has 0 saturated carbocycles. The Hall–Kier alpha value is -2.23. The van der Waals surface area contributed by atoms with Crippen molar-refractivity contribution in [3.63, 3.8) is 0 Å². The van der Waals surface area contributed by atoms with Crippen molar-refractivity contribution >= 4 is 5.97 Å². The Morgan fingerprint density at radius 3 is 2.76 bits per heavy atom. The molecule has 2 aromatic rings. The minimum Gasteiger partial charge on any atom is -0.478 e. The van der Waals surface area contributed by atoms with E-state index in [0.29, 0.717) is 5.56 Å². The maximum absolute atomic E-state index is 13.3. The summed E-state index contributed by atoms with van der Waals surface area (Å²) in [6.45, 7) is 1.86. The molecule has 0 bridgehead atoms. The number of aromatic carboxylic acids is 1. The van der Waals surface area contributed by atoms with E-state index in [1.54, 1.807) is 18.5 Å². The first-order valence-corrected chi connectivity index (χ1v) is 5.03. The Labute approximate surface area is 97.6 Å². The SMILES string of the molecule is Cc1ccncc1-c1cc(F)cc(C(=O)O)c1. The zero-order valence-corrected chi connectivity index (χ0v) is 9.14. The third-order valence-electron chi connectivity index (χ3n) is 2.49. The third-order valence-corrected chi connectivity index (χ3v) is 2.49. The van der Waals surface area contributed by atoms with Gasteiger partial charge < -0.3 is 5.11 Å². The van der Waals surface area contributed by atoms with Gasteiger partial charge in [0.2, 0.25) is 0 Å². The van der Waals surface area contributed by atoms with Crippen LogP contribution in [0.1, 0.15) is 15.9 Å². The fourth-order valence-corrected chi connectivity index (χ4v) is 1.63. The van der Waals surface area contributed by atoms with Crippen molar-refractivity contribution in [1.29, 1.82) is 0 Å². The van der Waals surface area contributed by atoms with Gasteiger partial charge in [0.05, 0.1) is 5.56 Å². The normalized spacial score (nSPS) is 10.2. The van der Waals surface area contributed by atoms with Gasteiger partial charge >= 0.3 is 5.97 Å². The number of carbonyl (C=O) groups is 1. The van der Waals surface area contributed by atoms with Crippen molar-refractivity contribution in [2.45, 2.75) is 6.92 Å². The van der Waals surface area contributed by atoms with Gasteiger partial charge in [-0.25, -0.2) is 9.18 Å². The average molecular weight is 231 g/mol. The molecular weight excluding hydrogens is 221 g/mol. The van der Waals surface area contributed by atoms with E-state index in [4.69, 9.17) is 5.11 Å². The molecule has 17 heavy (non-hydrogen) atoms. The van der Waals surface area contributed by atoms with Crippen LogP contribution in [0.4, 0.5) is 4.39 Å². The highest BCUT2D eigenvalue weighted by atomic mass is 19.1. The van der Waals surface area contributed by atoms with E-state index in [1.165, 1.54) is 12.1 Å². The van der Waals surface area contributed by atoms with E-state index < -0.39 is 11.8 Å². The minimum absolute atomic E-state index is 0.0664. The number of hydrogen-bond donors (Lipinski definition) is 1. The molecule has 1 aromatic carbocycles. The molecule has 1 heterocycles. The van der Waals surface area contributed by atoms with E-state index in [-0.39, 0.29) is 5.56 Å². The second kappa shape index (κ2) is 4.33.